The fraction of sp³-hybridized carbons (Fsp3) is 0.500. The van der Waals surface area contributed by atoms with Crippen molar-refractivity contribution < 1.29 is 23.7 Å². The summed E-state index contributed by atoms with van der Waals surface area (Å²) < 4.78 is 26.1. The number of rotatable bonds is 5. The highest BCUT2D eigenvalue weighted by Gasteiger charge is 2.19. The number of carbonyl (C=O) groups excluding carboxylic acids is 2. The number of imide groups is 1. The van der Waals surface area contributed by atoms with Gasteiger partial charge in [0.05, 0.1) is 0 Å². The number of quaternary nitrogens is 1. The largest absolute Gasteiger partial charge is 0.335 e. The van der Waals surface area contributed by atoms with Gasteiger partial charge in [0, 0.05) is 11.6 Å². The maximum absolute atomic E-state index is 13.2. The first-order valence-electron chi connectivity index (χ1n) is 7.84. The topological polar surface area (TPSA) is 74.8 Å². The van der Waals surface area contributed by atoms with Crippen molar-refractivity contribution in [1.82, 2.24) is 10.6 Å². The zero-order valence-electron chi connectivity index (χ0n) is 13.1. The lowest BCUT2D eigenvalue weighted by molar-refractivity contribution is -0.682. The van der Waals surface area contributed by atoms with E-state index in [0.29, 0.717) is 5.56 Å². The van der Waals surface area contributed by atoms with E-state index in [9.17, 15) is 18.4 Å². The molecule has 0 bridgehead atoms. The summed E-state index contributed by atoms with van der Waals surface area (Å²) in [4.78, 5) is 23.4. The number of hydrogen-bond acceptors (Lipinski definition) is 2. The molecule has 23 heavy (non-hydrogen) atoms. The normalized spacial score (nSPS) is 16.1. The van der Waals surface area contributed by atoms with Crippen LogP contribution in [0.5, 0.6) is 0 Å². The van der Waals surface area contributed by atoms with Crippen molar-refractivity contribution in [2.24, 2.45) is 0 Å². The molecule has 1 atom stereocenters. The quantitative estimate of drug-likeness (QED) is 0.764. The maximum atomic E-state index is 13.2. The minimum Gasteiger partial charge on any atom is -0.335 e. The van der Waals surface area contributed by atoms with Gasteiger partial charge in [-0.2, -0.15) is 0 Å². The number of halogens is 2. The molecule has 0 heterocycles. The molecule has 1 saturated carbocycles. The third-order valence-corrected chi connectivity index (χ3v) is 4.07. The van der Waals surface area contributed by atoms with E-state index in [1.54, 1.807) is 12.2 Å². The highest BCUT2D eigenvalue weighted by atomic mass is 19.2. The van der Waals surface area contributed by atoms with Gasteiger partial charge in [0.2, 0.25) is 0 Å². The summed E-state index contributed by atoms with van der Waals surface area (Å²) in [7, 11) is 0. The lowest BCUT2D eigenvalue weighted by Crippen LogP contribution is -2.87. The second-order valence-electron chi connectivity index (χ2n) is 5.91. The van der Waals surface area contributed by atoms with E-state index < -0.39 is 23.6 Å². The maximum Gasteiger partial charge on any atom is 0.321 e. The van der Waals surface area contributed by atoms with Crippen LogP contribution in [-0.2, 0) is 4.79 Å². The van der Waals surface area contributed by atoms with Crippen molar-refractivity contribution >= 4 is 11.9 Å². The highest BCUT2D eigenvalue weighted by Crippen LogP contribution is 2.17. The molecular weight excluding hydrogens is 304 g/mol. The fourth-order valence-electron chi connectivity index (χ4n) is 2.68. The summed E-state index contributed by atoms with van der Waals surface area (Å²) in [5.41, 5.74) is 0.576. The van der Waals surface area contributed by atoms with Gasteiger partial charge >= 0.3 is 6.03 Å². The Hall–Kier alpha value is -2.02. The van der Waals surface area contributed by atoms with Crippen molar-refractivity contribution in [3.63, 3.8) is 0 Å². The smallest absolute Gasteiger partial charge is 0.321 e. The van der Waals surface area contributed by atoms with E-state index in [4.69, 9.17) is 0 Å². The summed E-state index contributed by atoms with van der Waals surface area (Å²) >= 11 is 0. The minimum absolute atomic E-state index is 0.0260. The first kappa shape index (κ1) is 17.3. The van der Waals surface area contributed by atoms with Crippen molar-refractivity contribution in [2.75, 3.05) is 6.54 Å². The Bertz CT molecular complexity index is 574. The Morgan fingerprint density at radius 1 is 1.26 bits per heavy atom. The second-order valence-corrected chi connectivity index (χ2v) is 5.91. The number of benzene rings is 1. The molecule has 1 aromatic carbocycles. The summed E-state index contributed by atoms with van der Waals surface area (Å²) in [6.45, 7) is 1.80. The zero-order chi connectivity index (χ0) is 16.8. The molecule has 1 aliphatic rings. The van der Waals surface area contributed by atoms with Crippen LogP contribution in [0.1, 0.15) is 44.2 Å². The number of hydrogen-bond donors (Lipinski definition) is 3. The molecule has 1 aromatic rings. The Balaban J connectivity index is 1.74. The van der Waals surface area contributed by atoms with Crippen LogP contribution < -0.4 is 16.0 Å². The predicted molar refractivity (Wildman–Crippen MR) is 80.5 cm³/mol. The van der Waals surface area contributed by atoms with Gasteiger partial charge in [-0.15, -0.1) is 0 Å². The summed E-state index contributed by atoms with van der Waals surface area (Å²) in [6.07, 6.45) is 4.08. The molecule has 1 aliphatic carbocycles. The lowest BCUT2D eigenvalue weighted by atomic mass is 10.1. The van der Waals surface area contributed by atoms with Gasteiger partial charge in [0.25, 0.3) is 5.91 Å². The Labute approximate surface area is 133 Å². The van der Waals surface area contributed by atoms with Gasteiger partial charge in [0.15, 0.2) is 18.2 Å². The Morgan fingerprint density at radius 3 is 2.61 bits per heavy atom. The van der Waals surface area contributed by atoms with Crippen molar-refractivity contribution in [3.8, 4) is 0 Å². The first-order valence-corrected chi connectivity index (χ1v) is 7.84. The number of nitrogens with one attached hydrogen (secondary N) is 2. The number of carbonyl (C=O) groups is 2. The molecule has 0 unspecified atom stereocenters. The van der Waals surface area contributed by atoms with Crippen molar-refractivity contribution in [1.29, 1.82) is 0 Å². The molecular formula is C16H22F2N3O2+. The molecule has 3 amide bonds. The molecule has 126 valence electrons. The molecule has 0 aromatic heterocycles. The molecule has 1 fully saturated rings. The predicted octanol–water partition coefficient (Wildman–Crippen LogP) is 1.36. The SMILES string of the molecule is C[C@H]([NH2+]CC(=O)NC(=O)NC1CCCC1)c1ccc(F)c(F)c1. The minimum atomic E-state index is -0.914. The summed E-state index contributed by atoms with van der Waals surface area (Å²) in [6, 6.07) is 3.09. The van der Waals surface area contributed by atoms with Crippen LogP contribution in [0.2, 0.25) is 0 Å². The van der Waals surface area contributed by atoms with Gasteiger partial charge in [-0.3, -0.25) is 10.1 Å². The Kier molecular flexibility index (Phi) is 6.04. The number of urea groups is 1. The Morgan fingerprint density at radius 2 is 1.96 bits per heavy atom. The summed E-state index contributed by atoms with van der Waals surface area (Å²) in [5.74, 6) is -2.24. The van der Waals surface area contributed by atoms with E-state index in [0.717, 1.165) is 37.8 Å². The average molecular weight is 326 g/mol. The summed E-state index contributed by atoms with van der Waals surface area (Å²) in [5, 5.41) is 6.70. The van der Waals surface area contributed by atoms with Gasteiger partial charge in [-0.05, 0) is 38.0 Å². The molecule has 5 nitrogen and oxygen atoms in total. The molecule has 4 N–H and O–H groups in total. The van der Waals surface area contributed by atoms with E-state index in [-0.39, 0.29) is 18.6 Å². The molecule has 0 aliphatic heterocycles. The third kappa shape index (κ3) is 5.28. The highest BCUT2D eigenvalue weighted by molar-refractivity contribution is 5.94. The van der Waals surface area contributed by atoms with Crippen LogP contribution in [0, 0.1) is 11.6 Å². The van der Waals surface area contributed by atoms with Crippen LogP contribution >= 0.6 is 0 Å². The van der Waals surface area contributed by atoms with Crippen LogP contribution in [0.15, 0.2) is 18.2 Å². The molecule has 0 saturated heterocycles. The second kappa shape index (κ2) is 8.01. The van der Waals surface area contributed by atoms with Crippen LogP contribution in [0.25, 0.3) is 0 Å². The number of amides is 3. The van der Waals surface area contributed by atoms with Crippen LogP contribution in [-0.4, -0.2) is 24.5 Å². The fourth-order valence-corrected chi connectivity index (χ4v) is 2.68. The monoisotopic (exact) mass is 326 g/mol. The standard InChI is InChI=1S/C16H21F2N3O2/c1-10(11-6-7-13(17)14(18)8-11)19-9-15(22)21-16(23)20-12-4-2-3-5-12/h6-8,10,12,19H,2-5,9H2,1H3,(H2,20,21,22,23)/p+1/t10-/m0/s1. The van der Waals surface area contributed by atoms with Crippen LogP contribution in [0.4, 0.5) is 13.6 Å². The lowest BCUT2D eigenvalue weighted by Gasteiger charge is -2.13. The zero-order valence-corrected chi connectivity index (χ0v) is 13.1. The molecule has 2 rings (SSSR count). The molecule has 0 spiro atoms. The third-order valence-electron chi connectivity index (χ3n) is 4.07. The van der Waals surface area contributed by atoms with Gasteiger partial charge in [-0.25, -0.2) is 13.6 Å². The van der Waals surface area contributed by atoms with E-state index in [1.807, 2.05) is 0 Å². The van der Waals surface area contributed by atoms with Crippen LogP contribution in [0.3, 0.4) is 0 Å². The molecule has 0 radical (unpaired) electrons. The van der Waals surface area contributed by atoms with Gasteiger partial charge in [0.1, 0.15) is 6.04 Å². The van der Waals surface area contributed by atoms with E-state index in [1.165, 1.54) is 6.07 Å². The van der Waals surface area contributed by atoms with E-state index in [2.05, 4.69) is 10.6 Å². The first-order chi connectivity index (χ1) is 11.0. The van der Waals surface area contributed by atoms with Gasteiger partial charge in [-0.1, -0.05) is 12.8 Å². The van der Waals surface area contributed by atoms with Gasteiger partial charge < -0.3 is 10.6 Å². The number of nitrogens with two attached hydrogens (primary N) is 1. The molecule has 7 heteroatoms. The average Bonchev–Trinajstić information content (AvgIpc) is 3.00. The van der Waals surface area contributed by atoms with Crippen molar-refractivity contribution in [3.05, 3.63) is 35.4 Å². The van der Waals surface area contributed by atoms with E-state index >= 15 is 0 Å². The van der Waals surface area contributed by atoms with Crippen molar-refractivity contribution in [2.45, 2.75) is 44.7 Å².